The van der Waals surface area contributed by atoms with E-state index >= 15 is 0 Å². The lowest BCUT2D eigenvalue weighted by atomic mass is 9.53. The van der Waals surface area contributed by atoms with Crippen LogP contribution in [0, 0.1) is 18.3 Å². The molecule has 5 nitrogen and oxygen atoms in total. The first-order valence-electron chi connectivity index (χ1n) is 15.6. The number of hydrogen-bond acceptors (Lipinski definition) is 5. The summed E-state index contributed by atoms with van der Waals surface area (Å²) in [6, 6.07) is 4.16. The van der Waals surface area contributed by atoms with Crippen LogP contribution in [0.1, 0.15) is 92.7 Å². The lowest BCUT2D eigenvalue weighted by Crippen LogP contribution is -2.50. The van der Waals surface area contributed by atoms with Crippen molar-refractivity contribution in [3.05, 3.63) is 58.7 Å². The Morgan fingerprint density at radius 1 is 0.860 bits per heavy atom. The summed E-state index contributed by atoms with van der Waals surface area (Å²) >= 11 is 0. The number of hydrogen-bond donors (Lipinski definition) is 1. The maximum Gasteiger partial charge on any atom is 0.250 e. The van der Waals surface area contributed by atoms with Gasteiger partial charge in [0.05, 0.1) is 11.0 Å². The quantitative estimate of drug-likeness (QED) is 0.242. The zero-order chi connectivity index (χ0) is 33.1. The minimum Gasteiger partial charge on any atom is -0.543 e. The molecular weight excluding hydrogens is 569 g/mol. The topological polar surface area (TPSA) is 72.8 Å². The predicted octanol–water partition coefficient (Wildman–Crippen LogP) is 9.22. The third-order valence-corrected chi connectivity index (χ3v) is 19.0. The van der Waals surface area contributed by atoms with E-state index in [4.69, 9.17) is 8.85 Å². The van der Waals surface area contributed by atoms with Crippen molar-refractivity contribution in [3.8, 4) is 11.5 Å². The average Bonchev–Trinajstić information content (AvgIpc) is 2.81. The summed E-state index contributed by atoms with van der Waals surface area (Å²) in [6.07, 6.45) is 7.63. The lowest BCUT2D eigenvalue weighted by Gasteiger charge is -2.48. The summed E-state index contributed by atoms with van der Waals surface area (Å²) < 4.78 is 14.0. The van der Waals surface area contributed by atoms with Crippen LogP contribution in [0.5, 0.6) is 11.5 Å². The number of ketones is 2. The van der Waals surface area contributed by atoms with E-state index in [-0.39, 0.29) is 21.6 Å². The minimum atomic E-state index is -2.31. The summed E-state index contributed by atoms with van der Waals surface area (Å²) in [7, 11) is -4.52. The van der Waals surface area contributed by atoms with E-state index in [0.29, 0.717) is 12.0 Å². The molecule has 0 spiro atoms. The van der Waals surface area contributed by atoms with Gasteiger partial charge in [0, 0.05) is 17.4 Å². The largest absolute Gasteiger partial charge is 0.543 e. The fraction of sp³-hybridized carbons (Fsp3) is 0.611. The summed E-state index contributed by atoms with van der Waals surface area (Å²) in [5.74, 6) is 0.325. The molecule has 1 aromatic rings. The van der Waals surface area contributed by atoms with Gasteiger partial charge in [-0.15, -0.1) is 0 Å². The summed E-state index contributed by atoms with van der Waals surface area (Å²) in [6.45, 7) is 31.4. The summed E-state index contributed by atoms with van der Waals surface area (Å²) in [5.41, 5.74) is 1.01. The number of allylic oxidation sites excluding steroid dienone is 5. The van der Waals surface area contributed by atoms with Crippen molar-refractivity contribution in [2.24, 2.45) is 11.3 Å². The fourth-order valence-corrected chi connectivity index (χ4v) is 7.57. The van der Waals surface area contributed by atoms with Gasteiger partial charge in [0.15, 0.2) is 11.6 Å². The van der Waals surface area contributed by atoms with E-state index < -0.39 is 39.5 Å². The molecule has 2 aliphatic carbocycles. The smallest absolute Gasteiger partial charge is 0.250 e. The van der Waals surface area contributed by atoms with Crippen molar-refractivity contribution in [2.45, 2.75) is 130 Å². The maximum absolute atomic E-state index is 14.3. The van der Waals surface area contributed by atoms with Gasteiger partial charge >= 0.3 is 0 Å². The van der Waals surface area contributed by atoms with E-state index in [1.54, 1.807) is 26.8 Å². The molecule has 0 saturated carbocycles. The molecule has 0 radical (unpaired) electrons. The number of Topliss-reactive ketones (excluding diaryl/α,β-unsaturated/α-hetero) is 1. The highest BCUT2D eigenvalue weighted by molar-refractivity contribution is 6.75. The number of carbonyl (C=O) groups excluding carboxylic acids is 2. The summed E-state index contributed by atoms with van der Waals surface area (Å²) in [4.78, 5) is 28.2. The molecule has 3 rings (SSSR count). The molecule has 1 N–H and O–H groups in total. The molecule has 1 aromatic carbocycles. The summed E-state index contributed by atoms with van der Waals surface area (Å²) in [5, 5.41) is 10.7. The van der Waals surface area contributed by atoms with Crippen LogP contribution in [0.25, 0.3) is 0 Å². The first-order chi connectivity index (χ1) is 19.2. The third-order valence-electron chi connectivity index (χ3n) is 10.3. The number of benzene rings is 1. The van der Waals surface area contributed by atoms with E-state index in [2.05, 4.69) is 92.9 Å². The van der Waals surface area contributed by atoms with Crippen LogP contribution in [-0.4, -0.2) is 38.9 Å². The normalized spacial score (nSPS) is 24.1. The highest BCUT2D eigenvalue weighted by Crippen LogP contribution is 2.57. The van der Waals surface area contributed by atoms with Crippen molar-refractivity contribution in [1.82, 2.24) is 0 Å². The molecule has 0 unspecified atom stereocenters. The second-order valence-corrected chi connectivity index (χ2v) is 26.1. The van der Waals surface area contributed by atoms with Crippen LogP contribution in [0.15, 0.2) is 47.6 Å². The Morgan fingerprint density at radius 2 is 1.37 bits per heavy atom. The molecule has 43 heavy (non-hydrogen) atoms. The molecule has 2 aliphatic rings. The molecule has 0 aliphatic heterocycles. The number of fused-ring (bicyclic) bond motifs is 1. The van der Waals surface area contributed by atoms with Crippen LogP contribution in [0.2, 0.25) is 36.3 Å². The van der Waals surface area contributed by atoms with E-state index in [1.807, 2.05) is 13.0 Å². The first kappa shape index (κ1) is 35.3. The molecular formula is C36H56O5Si2. The molecule has 0 aromatic heterocycles. The van der Waals surface area contributed by atoms with Gasteiger partial charge < -0.3 is 14.0 Å². The van der Waals surface area contributed by atoms with Gasteiger partial charge in [0.25, 0.3) is 0 Å². The Bertz CT molecular complexity index is 1380. The molecule has 0 heterocycles. The maximum atomic E-state index is 14.3. The standard InChI is InChI=1S/C36H56O5Si2/c1-23-18-27(36(17-16-35(10,11)39)28(19-23)32(38)25(3)21-31(36)37)26-22-29(40-42(12,13)33(4,5)6)24(2)20-30(26)41-43(14,15)34(7,8)9/h16-18,20-22,27-28,39H,19H2,1-15H3/b17-16+/t27-,28+,36+/m1/s1. The van der Waals surface area contributed by atoms with E-state index in [9.17, 15) is 14.7 Å². The van der Waals surface area contributed by atoms with Crippen molar-refractivity contribution in [3.63, 3.8) is 0 Å². The van der Waals surface area contributed by atoms with Crippen LogP contribution < -0.4 is 8.85 Å². The first-order valence-corrected chi connectivity index (χ1v) is 21.4. The molecule has 7 heteroatoms. The number of aryl methyl sites for hydroxylation is 1. The van der Waals surface area contributed by atoms with Gasteiger partial charge in [0.2, 0.25) is 16.6 Å². The van der Waals surface area contributed by atoms with E-state index in [0.717, 1.165) is 28.2 Å². The molecule has 0 saturated heterocycles. The monoisotopic (exact) mass is 624 g/mol. The van der Waals surface area contributed by atoms with Crippen LogP contribution >= 0.6 is 0 Å². The SMILES string of the molecule is CC1=C[C@H](c2cc(O[Si](C)(C)C(C)(C)C)c(C)cc2O[Si](C)(C)C(C)(C)C)[C@]2(/C=C/C(C)(C)O)C(=O)C=C(C)C(=O)[C@@H]2C1. The molecule has 3 atom stereocenters. The molecule has 0 fully saturated rings. The highest BCUT2D eigenvalue weighted by Gasteiger charge is 2.56. The Hall–Kier alpha value is -2.23. The van der Waals surface area contributed by atoms with E-state index in [1.165, 1.54) is 6.08 Å². The average molecular weight is 625 g/mol. The Morgan fingerprint density at radius 3 is 1.86 bits per heavy atom. The van der Waals surface area contributed by atoms with Crippen molar-refractivity contribution < 1.29 is 23.5 Å². The number of aliphatic hydroxyl groups is 1. The third kappa shape index (κ3) is 6.89. The van der Waals surface area contributed by atoms with Gasteiger partial charge in [-0.25, -0.2) is 0 Å². The molecule has 0 bridgehead atoms. The van der Waals surface area contributed by atoms with Crippen LogP contribution in [0.4, 0.5) is 0 Å². The highest BCUT2D eigenvalue weighted by atomic mass is 28.4. The van der Waals surface area contributed by atoms with Gasteiger partial charge in [0.1, 0.15) is 11.5 Å². The lowest BCUT2D eigenvalue weighted by molar-refractivity contribution is -0.135. The number of carbonyl (C=O) groups is 2. The molecule has 238 valence electrons. The number of rotatable bonds is 7. The van der Waals surface area contributed by atoms with Crippen LogP contribution in [0.3, 0.4) is 0 Å². The fourth-order valence-electron chi connectivity index (χ4n) is 5.47. The Kier molecular flexibility index (Phi) is 9.26. The van der Waals surface area contributed by atoms with Gasteiger partial charge in [-0.2, -0.15) is 0 Å². The second kappa shape index (κ2) is 11.3. The van der Waals surface area contributed by atoms with Crippen molar-refractivity contribution in [1.29, 1.82) is 0 Å². The van der Waals surface area contributed by atoms with Gasteiger partial charge in [-0.05, 0) is 107 Å². The zero-order valence-corrected chi connectivity index (χ0v) is 31.4. The minimum absolute atomic E-state index is 0.00686. The Balaban J connectivity index is 2.44. The van der Waals surface area contributed by atoms with Crippen LogP contribution in [-0.2, 0) is 9.59 Å². The second-order valence-electron chi connectivity index (χ2n) is 16.6. The van der Waals surface area contributed by atoms with Gasteiger partial charge in [-0.1, -0.05) is 65.3 Å². The zero-order valence-electron chi connectivity index (χ0n) is 29.4. The Labute approximate surface area is 263 Å². The predicted molar refractivity (Wildman–Crippen MR) is 183 cm³/mol. The van der Waals surface area contributed by atoms with Crippen molar-refractivity contribution >= 4 is 28.2 Å². The molecule has 0 amide bonds. The van der Waals surface area contributed by atoms with Gasteiger partial charge in [-0.3, -0.25) is 9.59 Å². The van der Waals surface area contributed by atoms with Crippen molar-refractivity contribution in [2.75, 3.05) is 0 Å².